The zero-order valence-electron chi connectivity index (χ0n) is 19.7. The Morgan fingerprint density at radius 2 is 1.71 bits per heavy atom. The minimum atomic E-state index is 0.0867. The maximum absolute atomic E-state index is 10.8. The topological polar surface area (TPSA) is 80.9 Å². The van der Waals surface area contributed by atoms with Crippen LogP contribution in [0.25, 0.3) is 10.9 Å². The molecule has 0 aliphatic carbocycles. The molecule has 0 unspecified atom stereocenters. The molecule has 3 aromatic carbocycles. The molecule has 1 aliphatic rings. The molecule has 1 fully saturated rings. The molecule has 34 heavy (non-hydrogen) atoms. The number of hydrogen-bond donors (Lipinski definition) is 3. The van der Waals surface area contributed by atoms with Gasteiger partial charge in [-0.15, -0.1) is 0 Å². The summed E-state index contributed by atoms with van der Waals surface area (Å²) in [5.41, 5.74) is 11.8. The van der Waals surface area contributed by atoms with E-state index in [0.717, 1.165) is 35.2 Å². The van der Waals surface area contributed by atoms with Crippen molar-refractivity contribution in [2.75, 3.05) is 37.8 Å². The lowest BCUT2D eigenvalue weighted by Gasteiger charge is -2.36. The predicted octanol–water partition coefficient (Wildman–Crippen LogP) is 5.16. The molecule has 174 valence electrons. The zero-order valence-corrected chi connectivity index (χ0v) is 19.7. The largest absolute Gasteiger partial charge is 0.494 e. The van der Waals surface area contributed by atoms with Crippen LogP contribution in [0.15, 0.2) is 77.8 Å². The summed E-state index contributed by atoms with van der Waals surface area (Å²) in [5.74, 6) is 0.0867. The zero-order chi connectivity index (χ0) is 23.7. The quantitative estimate of drug-likeness (QED) is 0.288. The van der Waals surface area contributed by atoms with Gasteiger partial charge in [0.05, 0.1) is 22.5 Å². The number of nitrogen functional groups attached to an aromatic ring is 1. The molecular weight excluding hydrogens is 422 g/mol. The van der Waals surface area contributed by atoms with E-state index in [-0.39, 0.29) is 5.88 Å². The van der Waals surface area contributed by atoms with E-state index in [1.807, 2.05) is 48.5 Å². The number of aromatic hydroxyl groups is 1. The minimum absolute atomic E-state index is 0.0867. The van der Waals surface area contributed by atoms with Crippen molar-refractivity contribution in [3.63, 3.8) is 0 Å². The highest BCUT2D eigenvalue weighted by Gasteiger charge is 2.21. The third-order valence-electron chi connectivity index (χ3n) is 6.74. The number of aromatic amines is 1. The summed E-state index contributed by atoms with van der Waals surface area (Å²) >= 11 is 0. The summed E-state index contributed by atoms with van der Waals surface area (Å²) in [5, 5.41) is 11.7. The number of piperidine rings is 1. The average molecular weight is 454 g/mol. The second-order valence-electron chi connectivity index (χ2n) is 9.18. The number of anilines is 2. The maximum atomic E-state index is 10.8. The van der Waals surface area contributed by atoms with Gasteiger partial charge < -0.3 is 25.6 Å². The van der Waals surface area contributed by atoms with Crippen LogP contribution in [-0.4, -0.2) is 53.9 Å². The van der Waals surface area contributed by atoms with Gasteiger partial charge in [0.1, 0.15) is 0 Å². The van der Waals surface area contributed by atoms with E-state index in [9.17, 15) is 5.11 Å². The first-order valence-electron chi connectivity index (χ1n) is 11.8. The summed E-state index contributed by atoms with van der Waals surface area (Å²) in [6.07, 6.45) is 2.35. The van der Waals surface area contributed by atoms with E-state index in [4.69, 9.17) is 10.7 Å². The molecule has 1 saturated heterocycles. The maximum Gasteiger partial charge on any atom is 0.199 e. The first kappa shape index (κ1) is 22.0. The van der Waals surface area contributed by atoms with Gasteiger partial charge in [-0.3, -0.25) is 0 Å². The van der Waals surface area contributed by atoms with Gasteiger partial charge in [0, 0.05) is 41.5 Å². The number of rotatable bonds is 5. The molecule has 6 heteroatoms. The van der Waals surface area contributed by atoms with Crippen LogP contribution in [-0.2, 0) is 0 Å². The van der Waals surface area contributed by atoms with E-state index in [2.05, 4.69) is 53.1 Å². The van der Waals surface area contributed by atoms with Crippen molar-refractivity contribution >= 4 is 33.7 Å². The molecular formula is C28H31N5O. The molecule has 0 radical (unpaired) electrons. The Kier molecular flexibility index (Phi) is 5.99. The lowest BCUT2D eigenvalue weighted by Crippen LogP contribution is -2.41. The van der Waals surface area contributed by atoms with Crippen LogP contribution in [0.5, 0.6) is 5.88 Å². The van der Waals surface area contributed by atoms with E-state index in [0.29, 0.717) is 23.0 Å². The number of hydrogen-bond acceptors (Lipinski definition) is 5. The fraction of sp³-hybridized carbons (Fsp3) is 0.250. The molecule has 2 heterocycles. The van der Waals surface area contributed by atoms with Crippen molar-refractivity contribution in [2.24, 2.45) is 4.99 Å². The first-order chi connectivity index (χ1) is 16.5. The van der Waals surface area contributed by atoms with Crippen molar-refractivity contribution in [3.05, 3.63) is 83.9 Å². The van der Waals surface area contributed by atoms with Gasteiger partial charge in [0.25, 0.3) is 0 Å². The average Bonchev–Trinajstić information content (AvgIpc) is 3.18. The van der Waals surface area contributed by atoms with Gasteiger partial charge in [-0.05, 0) is 69.4 Å². The van der Waals surface area contributed by atoms with Crippen LogP contribution in [0.3, 0.4) is 0 Å². The molecule has 4 N–H and O–H groups in total. The highest BCUT2D eigenvalue weighted by atomic mass is 16.3. The number of fused-ring (bicyclic) bond motifs is 1. The first-order valence-corrected chi connectivity index (χ1v) is 11.8. The number of aromatic nitrogens is 1. The van der Waals surface area contributed by atoms with Crippen molar-refractivity contribution in [1.82, 2.24) is 9.88 Å². The lowest BCUT2D eigenvalue weighted by atomic mass is 10.0. The summed E-state index contributed by atoms with van der Waals surface area (Å²) < 4.78 is 0. The number of nitrogens with one attached hydrogen (secondary N) is 1. The normalized spacial score (nSPS) is 15.4. The molecule has 0 saturated carbocycles. The van der Waals surface area contributed by atoms with Gasteiger partial charge >= 0.3 is 0 Å². The van der Waals surface area contributed by atoms with Crippen LogP contribution in [0.4, 0.5) is 17.1 Å². The monoisotopic (exact) mass is 453 g/mol. The summed E-state index contributed by atoms with van der Waals surface area (Å²) in [6, 6.07) is 24.6. The Hall–Kier alpha value is -3.77. The number of aliphatic imine (C=N–C) groups is 1. The second-order valence-corrected chi connectivity index (χ2v) is 9.18. The molecule has 0 bridgehead atoms. The molecule has 1 aromatic heterocycles. The van der Waals surface area contributed by atoms with Gasteiger partial charge in [0.15, 0.2) is 5.88 Å². The second kappa shape index (κ2) is 9.23. The van der Waals surface area contributed by atoms with E-state index < -0.39 is 0 Å². The van der Waals surface area contributed by atoms with Gasteiger partial charge in [-0.2, -0.15) is 0 Å². The predicted molar refractivity (Wildman–Crippen MR) is 141 cm³/mol. The van der Waals surface area contributed by atoms with Crippen LogP contribution >= 0.6 is 0 Å². The Morgan fingerprint density at radius 1 is 1.00 bits per heavy atom. The molecule has 4 aromatic rings. The minimum Gasteiger partial charge on any atom is -0.494 e. The summed E-state index contributed by atoms with van der Waals surface area (Å²) in [4.78, 5) is 12.8. The van der Waals surface area contributed by atoms with Gasteiger partial charge in [-0.25, -0.2) is 4.99 Å². The van der Waals surface area contributed by atoms with Gasteiger partial charge in [0.2, 0.25) is 0 Å². The molecule has 0 atom stereocenters. The van der Waals surface area contributed by atoms with E-state index in [1.54, 1.807) is 0 Å². The fourth-order valence-electron chi connectivity index (χ4n) is 4.81. The molecule has 5 rings (SSSR count). The van der Waals surface area contributed by atoms with Crippen LogP contribution < -0.4 is 10.6 Å². The Bertz CT molecular complexity index is 1300. The van der Waals surface area contributed by atoms with E-state index >= 15 is 0 Å². The van der Waals surface area contributed by atoms with Gasteiger partial charge in [-0.1, -0.05) is 30.3 Å². The number of nitrogens with zero attached hydrogens (tertiary/aromatic N) is 3. The lowest BCUT2D eigenvalue weighted by molar-refractivity contribution is 0.249. The molecule has 1 aliphatic heterocycles. The Morgan fingerprint density at radius 3 is 2.38 bits per heavy atom. The highest BCUT2D eigenvalue weighted by Crippen LogP contribution is 2.33. The number of nitrogens with two attached hydrogens (primary N) is 1. The van der Waals surface area contributed by atoms with Crippen LogP contribution in [0.1, 0.15) is 24.0 Å². The molecule has 0 spiro atoms. The summed E-state index contributed by atoms with van der Waals surface area (Å²) in [6.45, 7) is 2.13. The number of benzene rings is 3. The SMILES string of the molecule is CN(C)C1CCN(c2ccc(N=C(c3ccccc3)c3c(O)[nH]c4cc(N)ccc34)cc2)CC1. The Balaban J connectivity index is 1.50. The van der Waals surface area contributed by atoms with E-state index in [1.165, 1.54) is 18.5 Å². The van der Waals surface area contributed by atoms with Crippen molar-refractivity contribution < 1.29 is 5.11 Å². The summed E-state index contributed by atoms with van der Waals surface area (Å²) in [7, 11) is 4.33. The standard InChI is InChI=1S/C28H31N5O/c1-32(2)22-14-16-33(17-15-22)23-11-9-21(10-12-23)30-27(19-6-4-3-5-7-19)26-24-13-8-20(29)18-25(24)31-28(26)34/h3-13,18,22,31,34H,14-17,29H2,1-2H3. The van der Waals surface area contributed by atoms with Crippen LogP contribution in [0, 0.1) is 0 Å². The molecule has 0 amide bonds. The molecule has 6 nitrogen and oxygen atoms in total. The van der Waals surface area contributed by atoms with Crippen molar-refractivity contribution in [3.8, 4) is 5.88 Å². The fourth-order valence-corrected chi connectivity index (χ4v) is 4.81. The smallest absolute Gasteiger partial charge is 0.199 e. The highest BCUT2D eigenvalue weighted by molar-refractivity contribution is 6.22. The Labute approximate surface area is 200 Å². The third kappa shape index (κ3) is 4.37. The third-order valence-corrected chi connectivity index (χ3v) is 6.74. The van der Waals surface area contributed by atoms with Crippen molar-refractivity contribution in [1.29, 1.82) is 0 Å². The van der Waals surface area contributed by atoms with Crippen molar-refractivity contribution in [2.45, 2.75) is 18.9 Å². The van der Waals surface area contributed by atoms with Crippen LogP contribution in [0.2, 0.25) is 0 Å². The number of H-pyrrole nitrogens is 1.